The molecule has 0 amide bonds. The molecule has 4 rings (SSSR count). The van der Waals surface area contributed by atoms with Gasteiger partial charge < -0.3 is 9.29 Å². The van der Waals surface area contributed by atoms with Gasteiger partial charge in [-0.3, -0.25) is 4.55 Å². The van der Waals surface area contributed by atoms with Crippen molar-refractivity contribution >= 4 is 10.4 Å². The Labute approximate surface area is 154 Å². The molecular weight excluding hydrogens is 352 g/mol. The maximum Gasteiger partial charge on any atom is 0.446 e. The molecule has 0 aromatic heterocycles. The van der Waals surface area contributed by atoms with Crippen LogP contribution in [0.25, 0.3) is 0 Å². The van der Waals surface area contributed by atoms with E-state index in [0.717, 1.165) is 37.7 Å². The maximum absolute atomic E-state index is 11.0. The minimum Gasteiger partial charge on any atom is -0.377 e. The van der Waals surface area contributed by atoms with Gasteiger partial charge in [-0.1, -0.05) is 18.9 Å². The van der Waals surface area contributed by atoms with E-state index < -0.39 is 16.0 Å². The predicted molar refractivity (Wildman–Crippen MR) is 97.0 cm³/mol. The highest BCUT2D eigenvalue weighted by Crippen LogP contribution is 2.64. The number of terminal acetylenes is 1. The van der Waals surface area contributed by atoms with Crippen LogP contribution in [0.2, 0.25) is 0 Å². The quantitative estimate of drug-likeness (QED) is 0.612. The highest BCUT2D eigenvalue weighted by molar-refractivity contribution is 7.81. The SMILES string of the molecule is C#C[C@]1(O)CC[C@H]2[C@@H]3CCc4cc(OS(=O)(=O)O)ccc4[C@H]3CC[C@@]21C. The van der Waals surface area contributed by atoms with Crippen molar-refractivity contribution in [3.8, 4) is 18.1 Å². The lowest BCUT2D eigenvalue weighted by molar-refractivity contribution is -0.0646. The highest BCUT2D eigenvalue weighted by Gasteiger charge is 2.61. The van der Waals surface area contributed by atoms with Crippen molar-refractivity contribution in [3.05, 3.63) is 29.3 Å². The van der Waals surface area contributed by atoms with Crippen LogP contribution in [0.3, 0.4) is 0 Å². The van der Waals surface area contributed by atoms with Crippen LogP contribution in [0.5, 0.6) is 5.75 Å². The molecule has 2 fully saturated rings. The summed E-state index contributed by atoms with van der Waals surface area (Å²) in [6.07, 6.45) is 11.0. The molecule has 3 aliphatic rings. The number of aliphatic hydroxyl groups is 1. The molecule has 1 aromatic rings. The first kappa shape index (κ1) is 17.8. The first-order chi connectivity index (χ1) is 12.2. The second-order valence-electron chi connectivity index (χ2n) is 8.29. The van der Waals surface area contributed by atoms with Gasteiger partial charge in [-0.15, -0.1) is 6.42 Å². The monoisotopic (exact) mass is 376 g/mol. The molecule has 0 spiro atoms. The molecule has 140 valence electrons. The third-order valence-electron chi connectivity index (χ3n) is 7.29. The Morgan fingerprint density at radius 3 is 2.73 bits per heavy atom. The molecule has 2 N–H and O–H groups in total. The second-order valence-corrected chi connectivity index (χ2v) is 9.31. The Bertz CT molecular complexity index is 886. The van der Waals surface area contributed by atoms with Crippen molar-refractivity contribution in [1.82, 2.24) is 0 Å². The highest BCUT2D eigenvalue weighted by atomic mass is 32.3. The molecule has 0 heterocycles. The van der Waals surface area contributed by atoms with Gasteiger partial charge in [0.2, 0.25) is 0 Å². The van der Waals surface area contributed by atoms with Gasteiger partial charge in [-0.25, -0.2) is 0 Å². The van der Waals surface area contributed by atoms with Gasteiger partial charge in [-0.05, 0) is 79.5 Å². The van der Waals surface area contributed by atoms with Crippen molar-refractivity contribution in [2.24, 2.45) is 17.3 Å². The summed E-state index contributed by atoms with van der Waals surface area (Å²) >= 11 is 0. The zero-order chi connectivity index (χ0) is 18.7. The molecule has 1 aromatic carbocycles. The van der Waals surface area contributed by atoms with Crippen LogP contribution in [0.4, 0.5) is 0 Å². The average Bonchev–Trinajstić information content (AvgIpc) is 2.85. The van der Waals surface area contributed by atoms with Crippen LogP contribution in [-0.2, 0) is 16.8 Å². The first-order valence-electron chi connectivity index (χ1n) is 9.17. The van der Waals surface area contributed by atoms with E-state index in [1.807, 2.05) is 6.07 Å². The molecule has 5 atom stereocenters. The van der Waals surface area contributed by atoms with Crippen molar-refractivity contribution in [1.29, 1.82) is 0 Å². The fourth-order valence-corrected chi connectivity index (χ4v) is 6.33. The summed E-state index contributed by atoms with van der Waals surface area (Å²) in [4.78, 5) is 0. The van der Waals surface area contributed by atoms with Crippen molar-refractivity contribution in [3.63, 3.8) is 0 Å². The Morgan fingerprint density at radius 1 is 1.27 bits per heavy atom. The molecule has 0 bridgehead atoms. The molecule has 6 heteroatoms. The van der Waals surface area contributed by atoms with Gasteiger partial charge in [0.15, 0.2) is 0 Å². The fraction of sp³-hybridized carbons (Fsp3) is 0.600. The topological polar surface area (TPSA) is 83.8 Å². The average molecular weight is 376 g/mol. The molecule has 3 aliphatic carbocycles. The summed E-state index contributed by atoms with van der Waals surface area (Å²) in [5.41, 5.74) is 1.09. The summed E-state index contributed by atoms with van der Waals surface area (Å²) in [5.74, 6) is 4.12. The standard InChI is InChI=1S/C20H24O5S/c1-3-20(21)11-9-18-17-6-4-13-12-14(25-26(22,23)24)5-7-15(13)16(17)8-10-19(18,20)2/h1,5,7,12,16-18,21H,4,6,8-11H2,2H3,(H,22,23,24)/t16-,17-,18+,19+,20+/m1/s1. The Hall–Kier alpha value is -1.55. The van der Waals surface area contributed by atoms with Gasteiger partial charge >= 0.3 is 10.4 Å². The van der Waals surface area contributed by atoms with Crippen LogP contribution in [0.15, 0.2) is 18.2 Å². The van der Waals surface area contributed by atoms with Crippen molar-refractivity contribution < 1.29 is 22.3 Å². The Kier molecular flexibility index (Phi) is 3.93. The van der Waals surface area contributed by atoms with E-state index in [0.29, 0.717) is 24.2 Å². The summed E-state index contributed by atoms with van der Waals surface area (Å²) < 4.78 is 35.4. The zero-order valence-electron chi connectivity index (χ0n) is 14.8. The lowest BCUT2D eigenvalue weighted by atomic mass is 9.53. The van der Waals surface area contributed by atoms with Gasteiger partial charge in [0.1, 0.15) is 11.4 Å². The number of hydrogen-bond donors (Lipinski definition) is 2. The fourth-order valence-electron chi connectivity index (χ4n) is 5.99. The van der Waals surface area contributed by atoms with Crippen LogP contribution in [0, 0.1) is 29.6 Å². The number of fused-ring (bicyclic) bond motifs is 5. The lowest BCUT2D eigenvalue weighted by Gasteiger charge is -2.52. The van der Waals surface area contributed by atoms with E-state index in [4.69, 9.17) is 11.0 Å². The van der Waals surface area contributed by atoms with E-state index in [2.05, 4.69) is 17.0 Å². The van der Waals surface area contributed by atoms with E-state index in [9.17, 15) is 13.5 Å². The van der Waals surface area contributed by atoms with Gasteiger partial charge in [0, 0.05) is 5.41 Å². The van der Waals surface area contributed by atoms with Crippen molar-refractivity contribution in [2.45, 2.75) is 57.0 Å². The van der Waals surface area contributed by atoms with Crippen LogP contribution in [-0.4, -0.2) is 23.7 Å². The van der Waals surface area contributed by atoms with Crippen molar-refractivity contribution in [2.75, 3.05) is 0 Å². The van der Waals surface area contributed by atoms with Crippen LogP contribution in [0.1, 0.15) is 56.1 Å². The summed E-state index contributed by atoms with van der Waals surface area (Å²) in [5, 5.41) is 11.0. The summed E-state index contributed by atoms with van der Waals surface area (Å²) in [6, 6.07) is 5.26. The number of rotatable bonds is 2. The molecule has 0 aliphatic heterocycles. The largest absolute Gasteiger partial charge is 0.446 e. The molecule has 26 heavy (non-hydrogen) atoms. The summed E-state index contributed by atoms with van der Waals surface area (Å²) in [7, 11) is -4.51. The third kappa shape index (κ3) is 2.57. The molecule has 5 nitrogen and oxygen atoms in total. The lowest BCUT2D eigenvalue weighted by Crippen LogP contribution is -2.50. The number of benzene rings is 1. The third-order valence-corrected chi connectivity index (χ3v) is 7.69. The Morgan fingerprint density at radius 2 is 2.04 bits per heavy atom. The van der Waals surface area contributed by atoms with Gasteiger partial charge in [0.25, 0.3) is 0 Å². The minimum atomic E-state index is -4.51. The normalized spacial score (nSPS) is 38.6. The molecule has 0 unspecified atom stereocenters. The zero-order valence-corrected chi connectivity index (χ0v) is 15.6. The molecule has 0 radical (unpaired) electrons. The maximum atomic E-state index is 11.0. The van der Waals surface area contributed by atoms with Gasteiger partial charge in [-0.2, -0.15) is 8.42 Å². The van der Waals surface area contributed by atoms with Gasteiger partial charge in [0.05, 0.1) is 0 Å². The first-order valence-corrected chi connectivity index (χ1v) is 10.5. The number of aryl methyl sites for hydroxylation is 1. The predicted octanol–water partition coefficient (Wildman–Crippen LogP) is 3.09. The molecular formula is C20H24O5S. The van der Waals surface area contributed by atoms with Crippen LogP contribution < -0.4 is 4.18 Å². The Balaban J connectivity index is 1.65. The van der Waals surface area contributed by atoms with E-state index in [-0.39, 0.29) is 11.2 Å². The second kappa shape index (κ2) is 5.72. The van der Waals surface area contributed by atoms with E-state index >= 15 is 0 Å². The van der Waals surface area contributed by atoms with Crippen LogP contribution >= 0.6 is 0 Å². The smallest absolute Gasteiger partial charge is 0.377 e. The van der Waals surface area contributed by atoms with E-state index in [1.54, 1.807) is 12.1 Å². The number of hydrogen-bond acceptors (Lipinski definition) is 4. The molecule has 2 saturated carbocycles. The summed E-state index contributed by atoms with van der Waals surface area (Å²) in [6.45, 7) is 2.15. The minimum absolute atomic E-state index is 0.146. The molecule has 0 saturated heterocycles. The van der Waals surface area contributed by atoms with E-state index in [1.165, 1.54) is 5.56 Å².